The summed E-state index contributed by atoms with van der Waals surface area (Å²) in [6.07, 6.45) is 0.131. The number of hydrogen-bond acceptors (Lipinski definition) is 7. The molecule has 0 spiro atoms. The number of halogens is 3. The Bertz CT molecular complexity index is 1370. The zero-order chi connectivity index (χ0) is 27.9. The molecule has 3 aliphatic heterocycles. The van der Waals surface area contributed by atoms with Gasteiger partial charge in [-0.25, -0.2) is 17.2 Å². The summed E-state index contributed by atoms with van der Waals surface area (Å²) in [5, 5.41) is 10.6. The number of nitrogens with zero attached hydrogens (tertiary/aromatic N) is 3. The Morgan fingerprint density at radius 2 is 1.77 bits per heavy atom. The lowest BCUT2D eigenvalue weighted by Gasteiger charge is -2.45. The van der Waals surface area contributed by atoms with Crippen LogP contribution in [0.25, 0.3) is 0 Å². The molecule has 0 aliphatic carbocycles. The molecule has 5 rings (SSSR count). The largest absolute Gasteiger partial charge is 0.480 e. The van der Waals surface area contributed by atoms with E-state index >= 15 is 0 Å². The third-order valence-corrected chi connectivity index (χ3v) is 9.55. The molecule has 14 heteroatoms. The molecule has 39 heavy (non-hydrogen) atoms. The minimum absolute atomic E-state index is 0.0276. The van der Waals surface area contributed by atoms with Gasteiger partial charge in [0.2, 0.25) is 15.9 Å². The van der Waals surface area contributed by atoms with Crippen molar-refractivity contribution in [3.05, 3.63) is 53.1 Å². The van der Waals surface area contributed by atoms with Crippen LogP contribution in [0.2, 0.25) is 5.02 Å². The molecule has 0 aromatic heterocycles. The molecule has 3 fully saturated rings. The van der Waals surface area contributed by atoms with Crippen LogP contribution in [0.15, 0.2) is 41.3 Å². The molecule has 1 N–H and O–H groups in total. The molecule has 0 radical (unpaired) electrons. The normalized spacial score (nSPS) is 24.1. The number of sulfonamides is 1. The predicted molar refractivity (Wildman–Crippen MR) is 134 cm³/mol. The van der Waals surface area contributed by atoms with E-state index in [1.807, 2.05) is 4.90 Å². The van der Waals surface area contributed by atoms with E-state index < -0.39 is 49.9 Å². The summed E-state index contributed by atoms with van der Waals surface area (Å²) in [5.41, 5.74) is -1.96. The number of carboxylic acid groups (broad SMARTS) is 1. The van der Waals surface area contributed by atoms with Crippen molar-refractivity contribution in [1.29, 1.82) is 0 Å². The lowest BCUT2D eigenvalue weighted by atomic mass is 9.97. The van der Waals surface area contributed by atoms with Gasteiger partial charge >= 0.3 is 5.97 Å². The van der Waals surface area contributed by atoms with Gasteiger partial charge in [-0.15, -0.1) is 0 Å². The highest BCUT2D eigenvalue weighted by Gasteiger charge is 2.62. The number of carboxylic acids is 1. The minimum Gasteiger partial charge on any atom is -0.480 e. The second-order valence-corrected chi connectivity index (χ2v) is 12.0. The number of hydrogen-bond donors (Lipinski definition) is 1. The van der Waals surface area contributed by atoms with E-state index in [1.54, 1.807) is 0 Å². The molecular weight excluding hydrogens is 560 g/mol. The number of amides is 1. The highest BCUT2D eigenvalue weighted by atomic mass is 35.5. The van der Waals surface area contributed by atoms with E-state index in [0.717, 1.165) is 4.31 Å². The number of fused-ring (bicyclic) bond motifs is 2. The first-order valence-corrected chi connectivity index (χ1v) is 14.1. The van der Waals surface area contributed by atoms with Gasteiger partial charge in [0.15, 0.2) is 22.9 Å². The highest BCUT2D eigenvalue weighted by molar-refractivity contribution is 7.89. The number of carbonyl (C=O) groups is 2. The van der Waals surface area contributed by atoms with E-state index in [2.05, 4.69) is 0 Å². The van der Waals surface area contributed by atoms with Crippen LogP contribution in [0.3, 0.4) is 0 Å². The summed E-state index contributed by atoms with van der Waals surface area (Å²) in [6, 6.07) is 6.03. The molecule has 2 atom stereocenters. The monoisotopic (exact) mass is 585 g/mol. The third kappa shape index (κ3) is 5.21. The quantitative estimate of drug-likeness (QED) is 0.527. The fourth-order valence-electron chi connectivity index (χ4n) is 5.38. The molecule has 10 nitrogen and oxygen atoms in total. The Labute approximate surface area is 228 Å². The van der Waals surface area contributed by atoms with Gasteiger partial charge in [0.25, 0.3) is 0 Å². The molecule has 2 bridgehead atoms. The van der Waals surface area contributed by atoms with E-state index in [9.17, 15) is 31.9 Å². The molecule has 1 amide bonds. The minimum atomic E-state index is -4.68. The summed E-state index contributed by atoms with van der Waals surface area (Å²) < 4.78 is 68.7. The predicted octanol–water partition coefficient (Wildman–Crippen LogP) is 2.56. The summed E-state index contributed by atoms with van der Waals surface area (Å²) >= 11 is 5.81. The third-order valence-electron chi connectivity index (χ3n) is 7.30. The van der Waals surface area contributed by atoms with Crippen molar-refractivity contribution in [2.75, 3.05) is 45.9 Å². The Morgan fingerprint density at radius 3 is 2.38 bits per heavy atom. The van der Waals surface area contributed by atoms with Gasteiger partial charge in [-0.1, -0.05) is 11.6 Å². The second-order valence-electron chi connectivity index (χ2n) is 9.76. The maximum atomic E-state index is 15.0. The van der Waals surface area contributed by atoms with Gasteiger partial charge in [-0.2, -0.15) is 4.31 Å². The smallest absolute Gasteiger partial charge is 0.327 e. The maximum Gasteiger partial charge on any atom is 0.327 e. The van der Waals surface area contributed by atoms with Crippen LogP contribution in [-0.2, 0) is 24.3 Å². The number of aliphatic carboxylic acids is 1. The molecular formula is C25H26ClF2N3O7S. The van der Waals surface area contributed by atoms with Crippen molar-refractivity contribution in [3.63, 3.8) is 0 Å². The van der Waals surface area contributed by atoms with Crippen molar-refractivity contribution < 1.29 is 41.4 Å². The summed E-state index contributed by atoms with van der Waals surface area (Å²) in [5.74, 6) is -5.04. The number of ether oxygens (including phenoxy) is 2. The first kappa shape index (κ1) is 27.7. The standard InChI is InChI=1S/C25H26ClF2N3O7S/c26-16-1-3-18(4-2-16)38-23-20(27)11-19(12-21(23)28)39(35,36)31-17-5-6-25(31,24(33)34)15-30(13-17)22(32)14-29-7-9-37-10-8-29/h1-4,11-12,17H,5-10,13-15H2,(H,33,34). The first-order chi connectivity index (χ1) is 18.5. The molecule has 3 saturated heterocycles. The summed E-state index contributed by atoms with van der Waals surface area (Å²) in [7, 11) is -4.68. The van der Waals surface area contributed by atoms with Crippen LogP contribution in [0.1, 0.15) is 12.8 Å². The first-order valence-electron chi connectivity index (χ1n) is 12.3. The average Bonchev–Trinajstić information content (AvgIpc) is 3.16. The fraction of sp³-hybridized carbons (Fsp3) is 0.440. The Kier molecular flexibility index (Phi) is 7.55. The van der Waals surface area contributed by atoms with E-state index in [4.69, 9.17) is 21.1 Å². The highest BCUT2D eigenvalue weighted by Crippen LogP contribution is 2.44. The van der Waals surface area contributed by atoms with Crippen LogP contribution in [0.5, 0.6) is 11.5 Å². The lowest BCUT2D eigenvalue weighted by molar-refractivity contribution is -0.153. The molecule has 3 heterocycles. The van der Waals surface area contributed by atoms with Crippen LogP contribution >= 0.6 is 11.6 Å². The van der Waals surface area contributed by atoms with Crippen LogP contribution in [-0.4, -0.2) is 97.0 Å². The van der Waals surface area contributed by atoms with E-state index in [0.29, 0.717) is 43.5 Å². The number of piperazine rings is 1. The van der Waals surface area contributed by atoms with Crippen molar-refractivity contribution in [2.45, 2.75) is 29.3 Å². The Hall–Kier alpha value is -2.84. The molecule has 210 valence electrons. The zero-order valence-corrected chi connectivity index (χ0v) is 22.3. The van der Waals surface area contributed by atoms with Gasteiger partial charge in [0, 0.05) is 30.7 Å². The van der Waals surface area contributed by atoms with Crippen molar-refractivity contribution in [1.82, 2.24) is 14.1 Å². The van der Waals surface area contributed by atoms with Crippen molar-refractivity contribution >= 4 is 33.5 Å². The molecule has 0 saturated carbocycles. The van der Waals surface area contributed by atoms with Crippen LogP contribution in [0, 0.1) is 11.6 Å². The number of rotatable bonds is 7. The number of carbonyl (C=O) groups excluding carboxylic acids is 1. The van der Waals surface area contributed by atoms with Crippen molar-refractivity contribution in [3.8, 4) is 11.5 Å². The van der Waals surface area contributed by atoms with Gasteiger partial charge in [-0.3, -0.25) is 14.5 Å². The Balaban J connectivity index is 1.41. The Morgan fingerprint density at radius 1 is 1.13 bits per heavy atom. The van der Waals surface area contributed by atoms with E-state index in [1.165, 1.54) is 29.2 Å². The molecule has 2 aromatic rings. The lowest BCUT2D eigenvalue weighted by Crippen LogP contribution is -2.67. The number of morpholine rings is 1. The average molecular weight is 586 g/mol. The molecule has 2 unspecified atom stereocenters. The molecule has 2 aromatic carbocycles. The summed E-state index contributed by atoms with van der Waals surface area (Å²) in [6.45, 7) is 1.74. The van der Waals surface area contributed by atoms with Gasteiger partial charge in [0.1, 0.15) is 5.75 Å². The number of likely N-dealkylation sites (tertiary alicyclic amines) is 1. The maximum absolute atomic E-state index is 15.0. The van der Waals surface area contributed by atoms with Crippen LogP contribution < -0.4 is 4.74 Å². The summed E-state index contributed by atoms with van der Waals surface area (Å²) in [4.78, 5) is 28.1. The van der Waals surface area contributed by atoms with Crippen LogP contribution in [0.4, 0.5) is 8.78 Å². The number of benzene rings is 2. The fourth-order valence-corrected chi connectivity index (χ4v) is 7.49. The second kappa shape index (κ2) is 10.6. The topological polar surface area (TPSA) is 117 Å². The SMILES string of the molecule is O=C(CN1CCOCC1)N1CC2CCC(C(=O)O)(C1)N2S(=O)(=O)c1cc(F)c(Oc2ccc(Cl)cc2)c(F)c1. The van der Waals surface area contributed by atoms with Crippen molar-refractivity contribution in [2.24, 2.45) is 0 Å². The van der Waals surface area contributed by atoms with Gasteiger partial charge < -0.3 is 19.5 Å². The van der Waals surface area contributed by atoms with Gasteiger partial charge in [0.05, 0.1) is 31.2 Å². The van der Waals surface area contributed by atoms with Gasteiger partial charge in [-0.05, 0) is 49.2 Å². The zero-order valence-electron chi connectivity index (χ0n) is 20.7. The molecule has 3 aliphatic rings. The van der Waals surface area contributed by atoms with E-state index in [-0.39, 0.29) is 44.1 Å².